The lowest BCUT2D eigenvalue weighted by Gasteiger charge is -2.24. The molecule has 7 nitrogen and oxygen atoms in total. The van der Waals surface area contributed by atoms with E-state index in [9.17, 15) is 4.79 Å². The summed E-state index contributed by atoms with van der Waals surface area (Å²) >= 11 is 0. The van der Waals surface area contributed by atoms with Crippen LogP contribution < -0.4 is 0 Å². The molecule has 2 fully saturated rings. The number of hydrogen-bond acceptors (Lipinski definition) is 6. The summed E-state index contributed by atoms with van der Waals surface area (Å²) in [5, 5.41) is 16.6. The number of carbonyl (C=O) groups is 1. The molecule has 0 bridgehead atoms. The SMILES string of the molecule is CCc1nnc([C@]23CCC[C@H]2CN(C(=O)c2cc(C)nnc2C)C3)o1. The molecule has 1 saturated heterocycles. The minimum absolute atomic E-state index is 0.0273. The third kappa shape index (κ3) is 2.53. The maximum Gasteiger partial charge on any atom is 0.255 e. The van der Waals surface area contributed by atoms with Gasteiger partial charge in [0.2, 0.25) is 11.8 Å². The van der Waals surface area contributed by atoms with Crippen LogP contribution in [0.3, 0.4) is 0 Å². The highest BCUT2D eigenvalue weighted by Gasteiger charge is 2.55. The Kier molecular flexibility index (Phi) is 3.81. The van der Waals surface area contributed by atoms with Crippen LogP contribution in [0.25, 0.3) is 0 Å². The molecule has 0 spiro atoms. The van der Waals surface area contributed by atoms with Crippen molar-refractivity contribution in [1.82, 2.24) is 25.3 Å². The predicted molar refractivity (Wildman–Crippen MR) is 90.1 cm³/mol. The highest BCUT2D eigenvalue weighted by molar-refractivity contribution is 5.95. The zero-order valence-corrected chi connectivity index (χ0v) is 14.9. The molecule has 0 radical (unpaired) electrons. The van der Waals surface area contributed by atoms with Crippen molar-refractivity contribution in [3.63, 3.8) is 0 Å². The first kappa shape index (κ1) is 16.2. The van der Waals surface area contributed by atoms with Crippen LogP contribution in [-0.4, -0.2) is 44.3 Å². The molecule has 7 heteroatoms. The molecule has 1 saturated carbocycles. The summed E-state index contributed by atoms with van der Waals surface area (Å²) in [7, 11) is 0. The van der Waals surface area contributed by atoms with Crippen molar-refractivity contribution in [2.45, 2.75) is 51.9 Å². The van der Waals surface area contributed by atoms with E-state index < -0.39 is 0 Å². The number of nitrogens with zero attached hydrogens (tertiary/aromatic N) is 5. The number of amides is 1. The minimum atomic E-state index is -0.181. The van der Waals surface area contributed by atoms with Crippen LogP contribution in [0.4, 0.5) is 0 Å². The number of aromatic nitrogens is 4. The third-order valence-corrected chi connectivity index (χ3v) is 5.68. The molecule has 1 amide bonds. The summed E-state index contributed by atoms with van der Waals surface area (Å²) in [5.41, 5.74) is 1.89. The van der Waals surface area contributed by atoms with Crippen molar-refractivity contribution in [1.29, 1.82) is 0 Å². The van der Waals surface area contributed by atoms with Gasteiger partial charge in [-0.15, -0.1) is 10.2 Å². The quantitative estimate of drug-likeness (QED) is 0.851. The summed E-state index contributed by atoms with van der Waals surface area (Å²) in [6, 6.07) is 1.83. The average molecular weight is 341 g/mol. The highest BCUT2D eigenvalue weighted by atomic mass is 16.4. The highest BCUT2D eigenvalue weighted by Crippen LogP contribution is 2.50. The molecular formula is C18H23N5O2. The van der Waals surface area contributed by atoms with Crippen LogP contribution in [0, 0.1) is 19.8 Å². The summed E-state index contributed by atoms with van der Waals surface area (Å²) < 4.78 is 5.92. The van der Waals surface area contributed by atoms with Gasteiger partial charge >= 0.3 is 0 Å². The molecule has 132 valence electrons. The molecular weight excluding hydrogens is 318 g/mol. The van der Waals surface area contributed by atoms with E-state index in [1.165, 1.54) is 0 Å². The van der Waals surface area contributed by atoms with Crippen molar-refractivity contribution in [2.75, 3.05) is 13.1 Å². The monoisotopic (exact) mass is 341 g/mol. The zero-order chi connectivity index (χ0) is 17.6. The second kappa shape index (κ2) is 5.89. The number of likely N-dealkylation sites (tertiary alicyclic amines) is 1. The smallest absolute Gasteiger partial charge is 0.255 e. The standard InChI is InChI=1S/C18H23N5O2/c1-4-15-21-22-17(25-15)18-7-5-6-13(18)9-23(10-18)16(24)14-8-11(2)19-20-12(14)3/h8,13H,4-7,9-10H2,1-3H3/t13-,18-/m0/s1. The number of rotatable bonds is 3. The van der Waals surface area contributed by atoms with Crippen LogP contribution in [0.2, 0.25) is 0 Å². The number of aryl methyl sites for hydroxylation is 3. The molecule has 1 aliphatic carbocycles. The summed E-state index contributed by atoms with van der Waals surface area (Å²) in [6.45, 7) is 7.07. The van der Waals surface area contributed by atoms with Gasteiger partial charge in [-0.2, -0.15) is 10.2 Å². The second-order valence-electron chi connectivity index (χ2n) is 7.27. The fraction of sp³-hybridized carbons (Fsp3) is 0.611. The maximum absolute atomic E-state index is 13.1. The predicted octanol–water partition coefficient (Wildman–Crippen LogP) is 2.23. The molecule has 0 unspecified atom stereocenters. The van der Waals surface area contributed by atoms with Gasteiger partial charge in [0.05, 0.1) is 22.4 Å². The number of hydrogen-bond donors (Lipinski definition) is 0. The van der Waals surface area contributed by atoms with Gasteiger partial charge in [-0.05, 0) is 38.7 Å². The summed E-state index contributed by atoms with van der Waals surface area (Å²) in [4.78, 5) is 15.0. The first-order chi connectivity index (χ1) is 12.0. The summed E-state index contributed by atoms with van der Waals surface area (Å²) in [6.07, 6.45) is 3.97. The first-order valence-corrected chi connectivity index (χ1v) is 8.96. The van der Waals surface area contributed by atoms with Crippen molar-refractivity contribution >= 4 is 5.91 Å². The Balaban J connectivity index is 1.64. The van der Waals surface area contributed by atoms with E-state index in [1.807, 2.05) is 31.7 Å². The maximum atomic E-state index is 13.1. The zero-order valence-electron chi connectivity index (χ0n) is 14.9. The van der Waals surface area contributed by atoms with Crippen LogP contribution in [0.5, 0.6) is 0 Å². The largest absolute Gasteiger partial charge is 0.425 e. The molecule has 2 aromatic heterocycles. The van der Waals surface area contributed by atoms with Crippen molar-refractivity contribution in [3.05, 3.63) is 34.8 Å². The Labute approximate surface area is 146 Å². The van der Waals surface area contributed by atoms with Crippen LogP contribution in [0.1, 0.15) is 59.7 Å². The Morgan fingerprint density at radius 2 is 2.16 bits per heavy atom. The molecule has 4 rings (SSSR count). The average Bonchev–Trinajstić information content (AvgIpc) is 3.29. The van der Waals surface area contributed by atoms with E-state index in [1.54, 1.807) is 0 Å². The number of fused-ring (bicyclic) bond motifs is 1. The van der Waals surface area contributed by atoms with E-state index in [2.05, 4.69) is 20.4 Å². The fourth-order valence-electron chi connectivity index (χ4n) is 4.33. The Bertz CT molecular complexity index is 818. The molecule has 2 aromatic rings. The Hall–Kier alpha value is -2.31. The van der Waals surface area contributed by atoms with Crippen LogP contribution >= 0.6 is 0 Å². The first-order valence-electron chi connectivity index (χ1n) is 8.96. The molecule has 3 heterocycles. The van der Waals surface area contributed by atoms with Crippen molar-refractivity contribution < 1.29 is 9.21 Å². The van der Waals surface area contributed by atoms with Crippen molar-refractivity contribution in [3.8, 4) is 0 Å². The van der Waals surface area contributed by atoms with Crippen LogP contribution in [0.15, 0.2) is 10.5 Å². The lowest BCUT2D eigenvalue weighted by molar-refractivity contribution is 0.0774. The molecule has 0 N–H and O–H groups in total. The van der Waals surface area contributed by atoms with Gasteiger partial charge < -0.3 is 9.32 Å². The fourth-order valence-corrected chi connectivity index (χ4v) is 4.33. The van der Waals surface area contributed by atoms with E-state index >= 15 is 0 Å². The van der Waals surface area contributed by atoms with Gasteiger partial charge in [0, 0.05) is 19.5 Å². The molecule has 1 aliphatic heterocycles. The van der Waals surface area contributed by atoms with Crippen molar-refractivity contribution in [2.24, 2.45) is 5.92 Å². The van der Waals surface area contributed by atoms with E-state index in [0.717, 1.165) is 37.9 Å². The normalized spacial score (nSPS) is 25.4. The van der Waals surface area contributed by atoms with E-state index in [0.29, 0.717) is 35.5 Å². The third-order valence-electron chi connectivity index (χ3n) is 5.68. The molecule has 2 atom stereocenters. The topological polar surface area (TPSA) is 85.0 Å². The molecule has 2 aliphatic rings. The van der Waals surface area contributed by atoms with Gasteiger partial charge in [-0.1, -0.05) is 13.3 Å². The van der Waals surface area contributed by atoms with Gasteiger partial charge in [0.1, 0.15) is 0 Å². The van der Waals surface area contributed by atoms with E-state index in [-0.39, 0.29) is 11.3 Å². The van der Waals surface area contributed by atoms with Gasteiger partial charge in [0.25, 0.3) is 5.91 Å². The van der Waals surface area contributed by atoms with Crippen LogP contribution in [-0.2, 0) is 11.8 Å². The van der Waals surface area contributed by atoms with E-state index in [4.69, 9.17) is 4.42 Å². The molecule has 0 aromatic carbocycles. The minimum Gasteiger partial charge on any atom is -0.425 e. The Morgan fingerprint density at radius 1 is 1.32 bits per heavy atom. The van der Waals surface area contributed by atoms with Gasteiger partial charge in [0.15, 0.2) is 0 Å². The second-order valence-corrected chi connectivity index (χ2v) is 7.27. The summed E-state index contributed by atoms with van der Waals surface area (Å²) in [5.74, 6) is 1.80. The van der Waals surface area contributed by atoms with Gasteiger partial charge in [-0.25, -0.2) is 0 Å². The lowest BCUT2D eigenvalue weighted by atomic mass is 9.80. The lowest BCUT2D eigenvalue weighted by Crippen LogP contribution is -2.35. The van der Waals surface area contributed by atoms with Gasteiger partial charge in [-0.3, -0.25) is 4.79 Å². The number of carbonyl (C=O) groups excluding carboxylic acids is 1. The molecule has 25 heavy (non-hydrogen) atoms. The Morgan fingerprint density at radius 3 is 2.92 bits per heavy atom.